The van der Waals surface area contributed by atoms with E-state index in [4.69, 9.17) is 20.6 Å². The van der Waals surface area contributed by atoms with Gasteiger partial charge in [0.25, 0.3) is 0 Å². The average molecular weight is 309 g/mol. The molecule has 3 nitrogen and oxygen atoms in total. The van der Waals surface area contributed by atoms with Crippen LogP contribution in [0.1, 0.15) is 26.7 Å². The molecular weight excluding hydrogens is 291 g/mol. The van der Waals surface area contributed by atoms with E-state index in [1.165, 1.54) is 0 Å². The molecule has 0 heterocycles. The van der Waals surface area contributed by atoms with E-state index in [0.29, 0.717) is 18.2 Å². The van der Waals surface area contributed by atoms with Gasteiger partial charge in [0, 0.05) is 9.92 Å². The Labute approximate surface area is 117 Å². The third-order valence-electron chi connectivity index (χ3n) is 1.94. The molecule has 6 heteroatoms. The normalized spacial score (nSPS) is 11.7. The Kier molecular flexibility index (Phi) is 7.35. The van der Waals surface area contributed by atoms with Crippen LogP contribution in [0.4, 0.5) is 0 Å². The molecule has 0 amide bonds. The van der Waals surface area contributed by atoms with E-state index in [1.807, 2.05) is 26.0 Å². The molecule has 0 atom stereocenters. The highest BCUT2D eigenvalue weighted by Crippen LogP contribution is 2.63. The van der Waals surface area contributed by atoms with Crippen molar-refractivity contribution < 1.29 is 13.6 Å². The van der Waals surface area contributed by atoms with Crippen molar-refractivity contribution >= 4 is 29.8 Å². The van der Waals surface area contributed by atoms with Crippen LogP contribution in [0.15, 0.2) is 29.2 Å². The van der Waals surface area contributed by atoms with Gasteiger partial charge in [-0.1, -0.05) is 25.4 Å². The van der Waals surface area contributed by atoms with Gasteiger partial charge in [-0.25, -0.2) is 4.57 Å². The molecule has 1 rings (SSSR count). The first-order valence-electron chi connectivity index (χ1n) is 5.94. The molecule has 0 bridgehead atoms. The van der Waals surface area contributed by atoms with E-state index < -0.39 is 6.80 Å². The number of rotatable bonds is 8. The molecule has 0 aliphatic rings. The average Bonchev–Trinajstić information content (AvgIpc) is 2.37. The number of benzene rings is 1. The van der Waals surface area contributed by atoms with Gasteiger partial charge in [-0.2, -0.15) is 0 Å². The second-order valence-electron chi connectivity index (χ2n) is 3.66. The van der Waals surface area contributed by atoms with E-state index in [0.717, 1.165) is 29.1 Å². The van der Waals surface area contributed by atoms with E-state index in [-0.39, 0.29) is 0 Å². The quantitative estimate of drug-likeness (QED) is 0.603. The van der Waals surface area contributed by atoms with Crippen molar-refractivity contribution in [2.75, 3.05) is 13.2 Å². The van der Waals surface area contributed by atoms with Gasteiger partial charge in [-0.15, -0.1) is 0 Å². The Morgan fingerprint density at radius 1 is 1.11 bits per heavy atom. The first-order valence-corrected chi connectivity index (χ1v) is 9.28. The molecule has 0 fully saturated rings. The van der Waals surface area contributed by atoms with Crippen LogP contribution in [-0.2, 0) is 13.6 Å². The molecule has 0 spiro atoms. The van der Waals surface area contributed by atoms with Gasteiger partial charge in [0.1, 0.15) is 0 Å². The first-order chi connectivity index (χ1) is 8.59. The van der Waals surface area contributed by atoms with Crippen molar-refractivity contribution in [1.82, 2.24) is 0 Å². The topological polar surface area (TPSA) is 35.5 Å². The van der Waals surface area contributed by atoms with Gasteiger partial charge in [0.2, 0.25) is 0 Å². The zero-order chi connectivity index (χ0) is 13.4. The minimum atomic E-state index is -3.12. The second-order valence-corrected chi connectivity index (χ2v) is 8.05. The Morgan fingerprint density at radius 2 is 1.61 bits per heavy atom. The molecule has 0 unspecified atom stereocenters. The first kappa shape index (κ1) is 16.1. The van der Waals surface area contributed by atoms with Crippen molar-refractivity contribution in [1.29, 1.82) is 0 Å². The lowest BCUT2D eigenvalue weighted by Gasteiger charge is -2.17. The smallest absolute Gasteiger partial charge is 0.301 e. The van der Waals surface area contributed by atoms with Crippen LogP contribution >= 0.6 is 29.8 Å². The summed E-state index contributed by atoms with van der Waals surface area (Å²) in [4.78, 5) is 0.829. The third kappa shape index (κ3) is 5.77. The van der Waals surface area contributed by atoms with Crippen LogP contribution in [0.5, 0.6) is 0 Å². The standard InChI is InChI=1S/C12H18ClO3PS/c1-3-9-15-17(14,16-10-4-2)18-12-7-5-11(13)6-8-12/h5-8H,3-4,9-10H2,1-2H3. The van der Waals surface area contributed by atoms with E-state index in [2.05, 4.69) is 0 Å². The number of hydrogen-bond donors (Lipinski definition) is 0. The molecule has 0 radical (unpaired) electrons. The van der Waals surface area contributed by atoms with Crippen LogP contribution in [0.3, 0.4) is 0 Å². The highest BCUT2D eigenvalue weighted by Gasteiger charge is 2.26. The summed E-state index contributed by atoms with van der Waals surface area (Å²) in [5.74, 6) is 0. The fraction of sp³-hybridized carbons (Fsp3) is 0.500. The van der Waals surface area contributed by atoms with Crippen LogP contribution in [0.2, 0.25) is 5.02 Å². The van der Waals surface area contributed by atoms with Crippen molar-refractivity contribution in [2.45, 2.75) is 31.6 Å². The summed E-state index contributed by atoms with van der Waals surface area (Å²) in [7, 11) is 0. The van der Waals surface area contributed by atoms with E-state index in [1.54, 1.807) is 12.1 Å². The maximum Gasteiger partial charge on any atom is 0.393 e. The van der Waals surface area contributed by atoms with Gasteiger partial charge in [-0.05, 0) is 48.5 Å². The molecule has 102 valence electrons. The Bertz CT molecular complexity index is 385. The summed E-state index contributed by atoms with van der Waals surface area (Å²) < 4.78 is 23.2. The Hall–Kier alpha value is 0.01000. The summed E-state index contributed by atoms with van der Waals surface area (Å²) in [6.07, 6.45) is 1.61. The van der Waals surface area contributed by atoms with E-state index in [9.17, 15) is 4.57 Å². The van der Waals surface area contributed by atoms with Gasteiger partial charge in [0.15, 0.2) is 0 Å². The molecule has 0 saturated heterocycles. The van der Waals surface area contributed by atoms with Gasteiger partial charge in [-0.3, -0.25) is 0 Å². The predicted octanol–water partition coefficient (Wildman–Crippen LogP) is 5.39. The summed E-state index contributed by atoms with van der Waals surface area (Å²) in [5.41, 5.74) is 0. The van der Waals surface area contributed by atoms with Gasteiger partial charge in [0.05, 0.1) is 13.2 Å². The van der Waals surface area contributed by atoms with Gasteiger partial charge < -0.3 is 9.05 Å². The van der Waals surface area contributed by atoms with Crippen LogP contribution in [-0.4, -0.2) is 13.2 Å². The highest BCUT2D eigenvalue weighted by atomic mass is 35.5. The molecule has 18 heavy (non-hydrogen) atoms. The molecule has 0 aliphatic carbocycles. The van der Waals surface area contributed by atoms with Crippen LogP contribution < -0.4 is 0 Å². The zero-order valence-corrected chi connectivity index (χ0v) is 13.1. The maximum absolute atomic E-state index is 12.5. The summed E-state index contributed by atoms with van der Waals surface area (Å²) in [6, 6.07) is 7.14. The van der Waals surface area contributed by atoms with Crippen molar-refractivity contribution in [3.05, 3.63) is 29.3 Å². The van der Waals surface area contributed by atoms with Crippen LogP contribution in [0.25, 0.3) is 0 Å². The maximum atomic E-state index is 12.5. The zero-order valence-electron chi connectivity index (χ0n) is 10.6. The van der Waals surface area contributed by atoms with Crippen molar-refractivity contribution in [2.24, 2.45) is 0 Å². The number of hydrogen-bond acceptors (Lipinski definition) is 4. The molecule has 1 aromatic carbocycles. The van der Waals surface area contributed by atoms with Crippen molar-refractivity contribution in [3.8, 4) is 0 Å². The Morgan fingerprint density at radius 3 is 2.06 bits per heavy atom. The van der Waals surface area contributed by atoms with Crippen molar-refractivity contribution in [3.63, 3.8) is 0 Å². The summed E-state index contributed by atoms with van der Waals surface area (Å²) in [5, 5.41) is 0.651. The van der Waals surface area contributed by atoms with E-state index >= 15 is 0 Å². The number of halogens is 1. The summed E-state index contributed by atoms with van der Waals surface area (Å²) in [6.45, 7) is 1.69. The third-order valence-corrected chi connectivity index (χ3v) is 5.83. The second kappa shape index (κ2) is 8.23. The monoisotopic (exact) mass is 308 g/mol. The minimum absolute atomic E-state index is 0.432. The molecular formula is C12H18ClO3PS. The lowest BCUT2D eigenvalue weighted by molar-refractivity contribution is 0.220. The lowest BCUT2D eigenvalue weighted by Crippen LogP contribution is -1.95. The molecule has 0 saturated carbocycles. The predicted molar refractivity (Wildman–Crippen MR) is 77.4 cm³/mol. The Balaban J connectivity index is 2.70. The highest BCUT2D eigenvalue weighted by molar-refractivity contribution is 8.55. The molecule has 1 aromatic rings. The van der Waals surface area contributed by atoms with Crippen LogP contribution in [0, 0.1) is 0 Å². The minimum Gasteiger partial charge on any atom is -0.301 e. The molecule has 0 N–H and O–H groups in total. The SMILES string of the molecule is CCCOP(=O)(OCCC)Sc1ccc(Cl)cc1. The fourth-order valence-corrected chi connectivity index (χ4v) is 4.66. The molecule has 0 aromatic heterocycles. The molecule has 0 aliphatic heterocycles. The largest absolute Gasteiger partial charge is 0.393 e. The summed E-state index contributed by atoms with van der Waals surface area (Å²) >= 11 is 6.94. The lowest BCUT2D eigenvalue weighted by atomic mass is 10.4. The van der Waals surface area contributed by atoms with Gasteiger partial charge >= 0.3 is 6.80 Å². The fourth-order valence-electron chi connectivity index (χ4n) is 1.12.